The molecule has 1 atom stereocenters. The predicted molar refractivity (Wildman–Crippen MR) is 157 cm³/mol. The fraction of sp³-hybridized carbons (Fsp3) is 1.00. The molecule has 0 heterocycles. The molecule has 196 valence electrons. The minimum Gasteiger partial charge on any atom is -0.147 e. The minimum absolute atomic E-state index is 0. The Hall–Kier alpha value is 0.720. The van der Waals surface area contributed by atoms with E-state index in [1.54, 1.807) is 0 Å². The standard InChI is InChI=1S/C30H63P.ClH/c1-5-9-13-17-21-25-29(26-22-18-14-10-6-2)30(31,27-23-19-15-11-7-3)28-24-20-16-12-8-4;/h29H,5-28,31H2,1-4H3;1H. The lowest BCUT2D eigenvalue weighted by atomic mass is 9.77. The zero-order valence-corrected chi connectivity index (χ0v) is 25.0. The molecule has 1 unspecified atom stereocenters. The van der Waals surface area contributed by atoms with Crippen LogP contribution in [-0.2, 0) is 0 Å². The molecule has 0 radical (unpaired) electrons. The van der Waals surface area contributed by atoms with Gasteiger partial charge in [0.1, 0.15) is 0 Å². The number of hydrogen-bond acceptors (Lipinski definition) is 0. The van der Waals surface area contributed by atoms with Crippen molar-refractivity contribution >= 4 is 21.6 Å². The van der Waals surface area contributed by atoms with Crippen LogP contribution < -0.4 is 0 Å². The second-order valence-electron chi connectivity index (χ2n) is 10.7. The van der Waals surface area contributed by atoms with Crippen LogP contribution in [0.2, 0.25) is 0 Å². The molecule has 0 aromatic carbocycles. The highest BCUT2D eigenvalue weighted by molar-refractivity contribution is 7.19. The van der Waals surface area contributed by atoms with Gasteiger partial charge >= 0.3 is 0 Å². The maximum atomic E-state index is 3.49. The van der Waals surface area contributed by atoms with Crippen molar-refractivity contribution in [2.45, 2.75) is 187 Å². The molecule has 0 fully saturated rings. The van der Waals surface area contributed by atoms with Crippen LogP contribution in [0.4, 0.5) is 0 Å². The predicted octanol–water partition coefficient (Wildman–Crippen LogP) is 12.1. The number of halogens is 1. The van der Waals surface area contributed by atoms with Crippen LogP contribution in [0.5, 0.6) is 0 Å². The van der Waals surface area contributed by atoms with Crippen molar-refractivity contribution in [2.75, 3.05) is 0 Å². The molecule has 0 spiro atoms. The summed E-state index contributed by atoms with van der Waals surface area (Å²) in [4.78, 5) is 0. The van der Waals surface area contributed by atoms with Crippen LogP contribution in [0.15, 0.2) is 0 Å². The molecular weight excluding hydrogens is 427 g/mol. The van der Waals surface area contributed by atoms with Gasteiger partial charge in [0.2, 0.25) is 0 Å². The first-order valence-corrected chi connectivity index (χ1v) is 15.5. The third kappa shape index (κ3) is 20.1. The first kappa shape index (κ1) is 34.9. The van der Waals surface area contributed by atoms with E-state index in [9.17, 15) is 0 Å². The molecule has 0 bridgehead atoms. The van der Waals surface area contributed by atoms with E-state index in [0.29, 0.717) is 5.16 Å². The smallest absolute Gasteiger partial charge is 0.0122 e. The van der Waals surface area contributed by atoms with Gasteiger partial charge in [-0.05, 0) is 36.8 Å². The monoisotopic (exact) mass is 490 g/mol. The lowest BCUT2D eigenvalue weighted by Gasteiger charge is -2.39. The van der Waals surface area contributed by atoms with E-state index >= 15 is 0 Å². The van der Waals surface area contributed by atoms with Crippen LogP contribution in [0, 0.1) is 5.92 Å². The topological polar surface area (TPSA) is 0 Å². The van der Waals surface area contributed by atoms with Gasteiger partial charge in [0, 0.05) is 0 Å². The largest absolute Gasteiger partial charge is 0.147 e. The Bertz CT molecular complexity index is 316. The van der Waals surface area contributed by atoms with Crippen molar-refractivity contribution in [1.29, 1.82) is 0 Å². The Morgan fingerprint density at radius 1 is 0.438 bits per heavy atom. The molecule has 0 aromatic heterocycles. The van der Waals surface area contributed by atoms with E-state index in [2.05, 4.69) is 36.9 Å². The second-order valence-corrected chi connectivity index (χ2v) is 11.8. The average Bonchev–Trinajstić information content (AvgIpc) is 2.77. The first-order chi connectivity index (χ1) is 15.1. The highest BCUT2D eigenvalue weighted by Crippen LogP contribution is 2.44. The third-order valence-corrected chi connectivity index (χ3v) is 8.67. The second kappa shape index (κ2) is 26.3. The van der Waals surface area contributed by atoms with E-state index in [0.717, 1.165) is 5.92 Å². The van der Waals surface area contributed by atoms with Crippen LogP contribution in [0.25, 0.3) is 0 Å². The van der Waals surface area contributed by atoms with Gasteiger partial charge in [-0.15, -0.1) is 21.6 Å². The summed E-state index contributed by atoms with van der Waals surface area (Å²) < 4.78 is 0. The summed E-state index contributed by atoms with van der Waals surface area (Å²) in [7, 11) is 3.49. The first-order valence-electron chi connectivity index (χ1n) is 14.9. The van der Waals surface area contributed by atoms with Gasteiger partial charge < -0.3 is 0 Å². The van der Waals surface area contributed by atoms with Crippen molar-refractivity contribution in [3.8, 4) is 0 Å². The van der Waals surface area contributed by atoms with Crippen LogP contribution in [-0.4, -0.2) is 5.16 Å². The highest BCUT2D eigenvalue weighted by atomic mass is 35.5. The molecule has 0 aromatic rings. The molecule has 0 aliphatic rings. The lowest BCUT2D eigenvalue weighted by molar-refractivity contribution is 0.269. The Balaban J connectivity index is 0. The molecule has 0 saturated carbocycles. The summed E-state index contributed by atoms with van der Waals surface area (Å²) in [6.45, 7) is 9.35. The summed E-state index contributed by atoms with van der Waals surface area (Å²) in [6, 6.07) is 0. The molecule has 0 nitrogen and oxygen atoms in total. The van der Waals surface area contributed by atoms with Gasteiger partial charge in [0.25, 0.3) is 0 Å². The number of rotatable bonds is 25. The molecule has 0 saturated heterocycles. The third-order valence-electron chi connectivity index (χ3n) is 7.62. The zero-order chi connectivity index (χ0) is 23.0. The summed E-state index contributed by atoms with van der Waals surface area (Å²) in [5.74, 6) is 0.943. The normalized spacial score (nSPS) is 11.8. The van der Waals surface area contributed by atoms with Crippen LogP contribution in [0.3, 0.4) is 0 Å². The molecule has 0 aliphatic carbocycles. The Morgan fingerprint density at radius 2 is 0.719 bits per heavy atom. The van der Waals surface area contributed by atoms with E-state index in [4.69, 9.17) is 0 Å². The van der Waals surface area contributed by atoms with E-state index in [-0.39, 0.29) is 12.4 Å². The van der Waals surface area contributed by atoms with E-state index in [1.165, 1.54) is 154 Å². The summed E-state index contributed by atoms with van der Waals surface area (Å²) in [5, 5.41) is 0.522. The minimum atomic E-state index is 0. The van der Waals surface area contributed by atoms with Crippen molar-refractivity contribution in [1.82, 2.24) is 0 Å². The number of hydrogen-bond donors (Lipinski definition) is 0. The lowest BCUT2D eigenvalue weighted by Crippen LogP contribution is -2.32. The van der Waals surface area contributed by atoms with Crippen molar-refractivity contribution < 1.29 is 0 Å². The maximum absolute atomic E-state index is 3.49. The van der Waals surface area contributed by atoms with E-state index in [1.807, 2.05) is 0 Å². The zero-order valence-electron chi connectivity index (χ0n) is 23.0. The van der Waals surface area contributed by atoms with Gasteiger partial charge in [-0.25, -0.2) is 0 Å². The van der Waals surface area contributed by atoms with Crippen molar-refractivity contribution in [3.63, 3.8) is 0 Å². The molecule has 0 rings (SSSR count). The van der Waals surface area contributed by atoms with E-state index < -0.39 is 0 Å². The molecule has 0 amide bonds. The SMILES string of the molecule is CCCCCCCC(CCCCCCC)C(P)(CCCCCCC)CCCCCCC.Cl. The molecule has 2 heteroatoms. The Labute approximate surface area is 214 Å². The molecule has 0 N–H and O–H groups in total. The molecule has 32 heavy (non-hydrogen) atoms. The fourth-order valence-electron chi connectivity index (χ4n) is 5.36. The van der Waals surface area contributed by atoms with Crippen LogP contribution >= 0.6 is 21.6 Å². The van der Waals surface area contributed by atoms with Gasteiger partial charge in [-0.2, -0.15) is 0 Å². The Morgan fingerprint density at radius 3 is 1.03 bits per heavy atom. The average molecular weight is 491 g/mol. The van der Waals surface area contributed by atoms with Crippen molar-refractivity contribution in [2.24, 2.45) is 5.92 Å². The molecule has 0 aliphatic heterocycles. The van der Waals surface area contributed by atoms with Gasteiger partial charge in [-0.1, -0.05) is 156 Å². The number of unbranched alkanes of at least 4 members (excludes halogenated alkanes) is 16. The summed E-state index contributed by atoms with van der Waals surface area (Å²) >= 11 is 0. The van der Waals surface area contributed by atoms with Gasteiger partial charge in [-0.3, -0.25) is 0 Å². The quantitative estimate of drug-likeness (QED) is 0.0880. The Kier molecular flexibility index (Phi) is 28.7. The summed E-state index contributed by atoms with van der Waals surface area (Å²) in [5.41, 5.74) is 0. The summed E-state index contributed by atoms with van der Waals surface area (Å²) in [6.07, 6.45) is 34.6. The van der Waals surface area contributed by atoms with Crippen molar-refractivity contribution in [3.05, 3.63) is 0 Å². The fourth-order valence-corrected chi connectivity index (χ4v) is 6.10. The maximum Gasteiger partial charge on any atom is -0.0122 e. The van der Waals surface area contributed by atoms with Crippen LogP contribution in [0.1, 0.15) is 182 Å². The van der Waals surface area contributed by atoms with Gasteiger partial charge in [0.15, 0.2) is 0 Å². The molecular formula is C30H64ClP. The highest BCUT2D eigenvalue weighted by Gasteiger charge is 2.32. The van der Waals surface area contributed by atoms with Gasteiger partial charge in [0.05, 0.1) is 0 Å².